The maximum absolute atomic E-state index is 14.0. The van der Waals surface area contributed by atoms with Crippen LogP contribution in [0.3, 0.4) is 0 Å². The highest BCUT2D eigenvalue weighted by atomic mass is 32.1. The number of nitrogens with one attached hydrogen (secondary N) is 2. The minimum atomic E-state index is -0.742. The Morgan fingerprint density at radius 2 is 1.54 bits per heavy atom. The standard InChI is InChI=1S/C43H44N4O4S/c1-24-8-12-32(13-9-24)44-39(49)37-34-6-4-5-7-36(34)52-41(37)46-25(2)16-30(26(46)3)20-35-38(48)45-42(51)47(40(35)50)33-14-10-31(11-15-33)43-21-27-17-28(22-43)19-29(18-27)23-43/h8-16,20,27-29H,4-7,17-19,21-23H2,1-3H3,(H,44,49)(H,45,48,51)/b35-20+. The molecule has 4 bridgehead atoms. The van der Waals surface area contributed by atoms with Crippen LogP contribution in [-0.4, -0.2) is 28.3 Å². The third kappa shape index (κ3) is 5.47. The first-order valence-corrected chi connectivity index (χ1v) is 19.6. The van der Waals surface area contributed by atoms with Crippen LogP contribution in [0.15, 0.2) is 60.2 Å². The third-order valence-electron chi connectivity index (χ3n) is 12.5. The van der Waals surface area contributed by atoms with Gasteiger partial charge in [-0.1, -0.05) is 29.8 Å². The van der Waals surface area contributed by atoms with Gasteiger partial charge in [0.05, 0.1) is 11.3 Å². The van der Waals surface area contributed by atoms with Gasteiger partial charge in [-0.25, -0.2) is 9.69 Å². The lowest BCUT2D eigenvalue weighted by Crippen LogP contribution is -2.54. The largest absolute Gasteiger partial charge is 0.335 e. The minimum absolute atomic E-state index is 0.104. The molecule has 0 atom stereocenters. The average Bonchev–Trinajstić information content (AvgIpc) is 3.62. The van der Waals surface area contributed by atoms with Crippen LogP contribution in [-0.2, 0) is 27.8 Å². The fourth-order valence-corrected chi connectivity index (χ4v) is 12.0. The number of fused-ring (bicyclic) bond motifs is 1. The van der Waals surface area contributed by atoms with E-state index in [1.165, 1.54) is 49.0 Å². The first-order valence-electron chi connectivity index (χ1n) is 18.8. The van der Waals surface area contributed by atoms with Gasteiger partial charge in [0.25, 0.3) is 17.7 Å². The van der Waals surface area contributed by atoms with Crippen molar-refractivity contribution < 1.29 is 19.2 Å². The SMILES string of the molecule is Cc1ccc(NC(=O)c2c(-n3c(C)cc(/C=C4\C(=O)NC(=O)N(c5ccc(C67CC8CC(CC(C8)C6)C7)cc5)C4=O)c3C)sc3c2CCCC3)cc1. The Hall–Kier alpha value is -4.76. The van der Waals surface area contributed by atoms with Gasteiger partial charge < -0.3 is 9.88 Å². The Bertz CT molecular complexity index is 2150. The Morgan fingerprint density at radius 3 is 2.21 bits per heavy atom. The fourth-order valence-electron chi connectivity index (χ4n) is 10.5. The van der Waals surface area contributed by atoms with Crippen molar-refractivity contribution in [2.75, 3.05) is 10.2 Å². The number of thiophene rings is 1. The molecular weight excluding hydrogens is 669 g/mol. The van der Waals surface area contributed by atoms with Crippen molar-refractivity contribution >= 4 is 52.5 Å². The zero-order chi connectivity index (χ0) is 35.9. The van der Waals surface area contributed by atoms with Crippen LogP contribution in [0.1, 0.15) is 100 Å². The van der Waals surface area contributed by atoms with E-state index in [1.807, 2.05) is 63.2 Å². The summed E-state index contributed by atoms with van der Waals surface area (Å²) < 4.78 is 2.07. The van der Waals surface area contributed by atoms with Gasteiger partial charge in [0, 0.05) is 22.0 Å². The molecule has 4 aromatic rings. The van der Waals surface area contributed by atoms with E-state index in [2.05, 4.69) is 27.3 Å². The molecule has 266 valence electrons. The number of hydrogen-bond donors (Lipinski definition) is 2. The molecule has 0 radical (unpaired) electrons. The summed E-state index contributed by atoms with van der Waals surface area (Å²) in [7, 11) is 0. The van der Waals surface area contributed by atoms with Gasteiger partial charge in [-0.2, -0.15) is 0 Å². The molecule has 52 heavy (non-hydrogen) atoms. The number of rotatable bonds is 6. The third-order valence-corrected chi connectivity index (χ3v) is 13.8. The van der Waals surface area contributed by atoms with Crippen LogP contribution in [0.2, 0.25) is 0 Å². The summed E-state index contributed by atoms with van der Waals surface area (Å²) in [5, 5.41) is 6.37. The number of anilines is 2. The number of urea groups is 1. The molecule has 5 aliphatic carbocycles. The smallest absolute Gasteiger partial charge is 0.322 e. The number of aryl methyl sites for hydroxylation is 3. The van der Waals surface area contributed by atoms with Crippen molar-refractivity contribution in [2.24, 2.45) is 17.8 Å². The molecule has 6 aliphatic rings. The van der Waals surface area contributed by atoms with E-state index in [4.69, 9.17) is 0 Å². The highest BCUT2D eigenvalue weighted by molar-refractivity contribution is 7.15. The molecule has 5 fully saturated rings. The second kappa shape index (κ2) is 12.4. The van der Waals surface area contributed by atoms with Gasteiger partial charge >= 0.3 is 6.03 Å². The van der Waals surface area contributed by atoms with Gasteiger partial charge in [0.1, 0.15) is 10.6 Å². The lowest BCUT2D eigenvalue weighted by molar-refractivity contribution is -0.122. The van der Waals surface area contributed by atoms with Crippen LogP contribution in [0.25, 0.3) is 11.1 Å². The second-order valence-electron chi connectivity index (χ2n) is 16.1. The van der Waals surface area contributed by atoms with E-state index in [-0.39, 0.29) is 16.9 Å². The first kappa shape index (κ1) is 33.1. The van der Waals surface area contributed by atoms with E-state index in [9.17, 15) is 19.2 Å². The first-order chi connectivity index (χ1) is 25.1. The Morgan fingerprint density at radius 1 is 0.885 bits per heavy atom. The molecule has 0 unspecified atom stereocenters. The number of amides is 5. The van der Waals surface area contributed by atoms with Crippen molar-refractivity contribution in [3.05, 3.63) is 104 Å². The van der Waals surface area contributed by atoms with E-state index in [1.54, 1.807) is 17.4 Å². The molecule has 4 saturated carbocycles. The molecule has 1 aliphatic heterocycles. The fraction of sp³-hybridized carbons (Fsp3) is 0.395. The van der Waals surface area contributed by atoms with Crippen LogP contribution < -0.4 is 15.5 Å². The number of hydrogen-bond acceptors (Lipinski definition) is 5. The van der Waals surface area contributed by atoms with E-state index < -0.39 is 17.8 Å². The molecule has 2 aromatic carbocycles. The summed E-state index contributed by atoms with van der Waals surface area (Å²) in [5.74, 6) is 0.934. The van der Waals surface area contributed by atoms with Crippen molar-refractivity contribution in [3.8, 4) is 5.00 Å². The number of benzene rings is 2. The topological polar surface area (TPSA) is 101 Å². The summed E-state index contributed by atoms with van der Waals surface area (Å²) >= 11 is 1.64. The monoisotopic (exact) mass is 712 g/mol. The maximum atomic E-state index is 14.0. The molecule has 10 rings (SSSR count). The van der Waals surface area contributed by atoms with Crippen LogP contribution in [0.5, 0.6) is 0 Å². The highest BCUT2D eigenvalue weighted by Gasteiger charge is 2.51. The number of nitrogens with zero attached hydrogens (tertiary/aromatic N) is 2. The zero-order valence-electron chi connectivity index (χ0n) is 30.0. The summed E-state index contributed by atoms with van der Waals surface area (Å²) in [6, 6.07) is 16.9. The van der Waals surface area contributed by atoms with Crippen molar-refractivity contribution in [1.82, 2.24) is 9.88 Å². The van der Waals surface area contributed by atoms with Crippen LogP contribution in [0.4, 0.5) is 16.2 Å². The van der Waals surface area contributed by atoms with Crippen LogP contribution in [0, 0.1) is 38.5 Å². The number of aromatic nitrogens is 1. The van der Waals surface area contributed by atoms with Gasteiger partial charge in [-0.15, -0.1) is 11.3 Å². The lowest BCUT2D eigenvalue weighted by Gasteiger charge is -2.57. The van der Waals surface area contributed by atoms with E-state index in [0.717, 1.165) is 81.5 Å². The van der Waals surface area contributed by atoms with E-state index >= 15 is 0 Å². The molecule has 1 saturated heterocycles. The Balaban J connectivity index is 1.03. The second-order valence-corrected chi connectivity index (χ2v) is 17.2. The van der Waals surface area contributed by atoms with Crippen molar-refractivity contribution in [2.45, 2.75) is 90.4 Å². The van der Waals surface area contributed by atoms with Crippen molar-refractivity contribution in [1.29, 1.82) is 0 Å². The summed E-state index contributed by atoms with van der Waals surface area (Å²) in [6.45, 7) is 5.93. The van der Waals surface area contributed by atoms with Gasteiger partial charge in [0.15, 0.2) is 0 Å². The normalized spacial score (nSPS) is 25.8. The van der Waals surface area contributed by atoms with E-state index in [0.29, 0.717) is 16.8 Å². The molecule has 8 nitrogen and oxygen atoms in total. The summed E-state index contributed by atoms with van der Waals surface area (Å²) in [4.78, 5) is 56.7. The molecular formula is C43H44N4O4S. The minimum Gasteiger partial charge on any atom is -0.322 e. The molecule has 9 heteroatoms. The van der Waals surface area contributed by atoms with Crippen molar-refractivity contribution in [3.63, 3.8) is 0 Å². The predicted molar refractivity (Wildman–Crippen MR) is 204 cm³/mol. The van der Waals surface area contributed by atoms with Gasteiger partial charge in [-0.05, 0) is 161 Å². The van der Waals surface area contributed by atoms with Crippen LogP contribution >= 0.6 is 11.3 Å². The predicted octanol–water partition coefficient (Wildman–Crippen LogP) is 8.73. The van der Waals surface area contributed by atoms with Gasteiger partial charge in [-0.3, -0.25) is 19.7 Å². The number of carbonyl (C=O) groups is 4. The molecule has 0 spiro atoms. The molecule has 2 N–H and O–H groups in total. The van der Waals surface area contributed by atoms with Gasteiger partial charge in [0.2, 0.25) is 0 Å². The maximum Gasteiger partial charge on any atom is 0.335 e. The number of barbiturate groups is 1. The molecule has 5 amide bonds. The summed E-state index contributed by atoms with van der Waals surface area (Å²) in [5.41, 5.74) is 7.87. The molecule has 2 aromatic heterocycles. The number of carbonyl (C=O) groups excluding carboxylic acids is 4. The Kier molecular flexibility index (Phi) is 7.92. The average molecular weight is 713 g/mol. The zero-order valence-corrected chi connectivity index (χ0v) is 30.8. The Labute approximate surface area is 308 Å². The number of imide groups is 2. The lowest BCUT2D eigenvalue weighted by atomic mass is 9.48. The summed E-state index contributed by atoms with van der Waals surface area (Å²) in [6.07, 6.45) is 13.3. The highest BCUT2D eigenvalue weighted by Crippen LogP contribution is 2.60. The quantitative estimate of drug-likeness (QED) is 0.154. The molecule has 3 heterocycles.